The number of hydrogen-bond acceptors (Lipinski definition) is 5. The lowest BCUT2D eigenvalue weighted by molar-refractivity contribution is 0.0722. The highest BCUT2D eigenvalue weighted by atomic mass is 32.1. The Bertz CT molecular complexity index is 1250. The van der Waals surface area contributed by atoms with Crippen molar-refractivity contribution in [1.29, 1.82) is 0 Å². The maximum atomic E-state index is 13.8. The van der Waals surface area contributed by atoms with Crippen LogP contribution in [0.25, 0.3) is 16.4 Å². The van der Waals surface area contributed by atoms with Crippen LogP contribution in [-0.4, -0.2) is 39.2 Å². The summed E-state index contributed by atoms with van der Waals surface area (Å²) in [5, 5.41) is 6.40. The molecular formula is C23H19FN4O2S. The van der Waals surface area contributed by atoms with E-state index in [0.717, 1.165) is 22.6 Å². The van der Waals surface area contributed by atoms with E-state index in [1.807, 2.05) is 35.7 Å². The van der Waals surface area contributed by atoms with E-state index in [9.17, 15) is 9.18 Å². The minimum absolute atomic E-state index is 0.0963. The Morgan fingerprint density at radius 1 is 1.13 bits per heavy atom. The van der Waals surface area contributed by atoms with E-state index in [0.29, 0.717) is 24.6 Å². The number of halogens is 1. The second-order valence-electron chi connectivity index (χ2n) is 7.24. The predicted molar refractivity (Wildman–Crippen MR) is 116 cm³/mol. The molecule has 6 nitrogen and oxygen atoms in total. The molecule has 0 unspecified atom stereocenters. The Hall–Kier alpha value is -3.52. The lowest BCUT2D eigenvalue weighted by Crippen LogP contribution is -2.36. The molecule has 0 saturated heterocycles. The molecule has 1 aliphatic heterocycles. The van der Waals surface area contributed by atoms with Gasteiger partial charge in [-0.2, -0.15) is 0 Å². The predicted octanol–water partition coefficient (Wildman–Crippen LogP) is 4.34. The van der Waals surface area contributed by atoms with Gasteiger partial charge >= 0.3 is 0 Å². The molecule has 3 heterocycles. The number of nitrogens with zero attached hydrogens (tertiary/aromatic N) is 4. The number of fused-ring (bicyclic) bond motifs is 1. The first-order chi connectivity index (χ1) is 15.1. The lowest BCUT2D eigenvalue weighted by Gasteiger charge is -2.28. The first-order valence-electron chi connectivity index (χ1n) is 9.84. The summed E-state index contributed by atoms with van der Waals surface area (Å²) in [6.07, 6.45) is 0.757. The van der Waals surface area contributed by atoms with Crippen molar-refractivity contribution in [2.24, 2.45) is 0 Å². The summed E-state index contributed by atoms with van der Waals surface area (Å²) < 4.78 is 20.7. The zero-order valence-electron chi connectivity index (χ0n) is 16.8. The van der Waals surface area contributed by atoms with Gasteiger partial charge in [-0.3, -0.25) is 4.79 Å². The maximum absolute atomic E-state index is 13.8. The number of benzene rings is 2. The third kappa shape index (κ3) is 3.70. The topological polar surface area (TPSA) is 60.2 Å². The maximum Gasteiger partial charge on any atom is 0.293 e. The average molecular weight is 434 g/mol. The third-order valence-corrected chi connectivity index (χ3v) is 6.17. The summed E-state index contributed by atoms with van der Waals surface area (Å²) in [7, 11) is 1.63. The average Bonchev–Trinajstić information content (AvgIpc) is 3.48. The largest absolute Gasteiger partial charge is 0.497 e. The highest BCUT2D eigenvalue weighted by Crippen LogP contribution is 2.28. The van der Waals surface area contributed by atoms with Crippen LogP contribution in [0.4, 0.5) is 4.39 Å². The van der Waals surface area contributed by atoms with Crippen molar-refractivity contribution in [3.05, 3.63) is 82.7 Å². The summed E-state index contributed by atoms with van der Waals surface area (Å²) in [6.45, 7) is 1.05. The van der Waals surface area contributed by atoms with Gasteiger partial charge in [0.05, 0.1) is 17.7 Å². The van der Waals surface area contributed by atoms with Gasteiger partial charge in [-0.05, 0) is 59.3 Å². The van der Waals surface area contributed by atoms with E-state index < -0.39 is 0 Å². The summed E-state index contributed by atoms with van der Waals surface area (Å²) in [5.74, 6) is 0.754. The van der Waals surface area contributed by atoms with Crippen LogP contribution in [0.1, 0.15) is 21.7 Å². The molecule has 1 amide bonds. The van der Waals surface area contributed by atoms with Crippen LogP contribution in [0.5, 0.6) is 5.75 Å². The van der Waals surface area contributed by atoms with Gasteiger partial charge in [-0.25, -0.2) is 14.1 Å². The minimum Gasteiger partial charge on any atom is -0.497 e. The third-order valence-electron chi connectivity index (χ3n) is 5.31. The van der Waals surface area contributed by atoms with Crippen LogP contribution < -0.4 is 4.74 Å². The van der Waals surface area contributed by atoms with E-state index in [1.54, 1.807) is 24.1 Å². The monoisotopic (exact) mass is 434 g/mol. The van der Waals surface area contributed by atoms with E-state index in [-0.39, 0.29) is 17.5 Å². The lowest BCUT2D eigenvalue weighted by atomic mass is 9.99. The fourth-order valence-corrected chi connectivity index (χ4v) is 4.43. The molecule has 0 spiro atoms. The number of amides is 1. The SMILES string of the molecule is COc1ccc2c(c1)CN(C(=O)c1nc(-c3cccs3)n(-c3cccc(F)c3)n1)CC2. The van der Waals surface area contributed by atoms with Crippen molar-refractivity contribution in [3.63, 3.8) is 0 Å². The number of ether oxygens (including phenoxy) is 1. The molecule has 4 aromatic rings. The van der Waals surface area contributed by atoms with Gasteiger partial charge in [0.15, 0.2) is 5.82 Å². The van der Waals surface area contributed by atoms with Gasteiger partial charge in [0.1, 0.15) is 11.6 Å². The molecule has 2 aromatic heterocycles. The second-order valence-corrected chi connectivity index (χ2v) is 8.19. The van der Waals surface area contributed by atoms with Gasteiger partial charge in [-0.1, -0.05) is 18.2 Å². The van der Waals surface area contributed by atoms with Gasteiger partial charge in [0.25, 0.3) is 5.91 Å². The molecule has 5 rings (SSSR count). The van der Waals surface area contributed by atoms with E-state index in [1.165, 1.54) is 33.7 Å². The Labute approximate surface area is 182 Å². The number of methoxy groups -OCH3 is 1. The van der Waals surface area contributed by atoms with Crippen LogP contribution in [0, 0.1) is 5.82 Å². The summed E-state index contributed by atoms with van der Waals surface area (Å²) in [6, 6.07) is 15.9. The van der Waals surface area contributed by atoms with Crippen molar-refractivity contribution in [2.75, 3.05) is 13.7 Å². The van der Waals surface area contributed by atoms with Crippen molar-refractivity contribution in [1.82, 2.24) is 19.7 Å². The Kier molecular flexibility index (Phi) is 4.99. The standard InChI is InChI=1S/C23H19FN4O2S/c1-30-19-8-7-15-9-10-27(14-16(15)12-19)23(29)21-25-22(20-6-3-11-31-20)28(26-21)18-5-2-4-17(24)13-18/h2-8,11-13H,9-10,14H2,1H3. The normalized spacial score (nSPS) is 13.2. The quantitative estimate of drug-likeness (QED) is 0.479. The highest BCUT2D eigenvalue weighted by molar-refractivity contribution is 7.13. The number of carbonyl (C=O) groups is 1. The minimum atomic E-state index is -0.375. The Morgan fingerprint density at radius 2 is 2.03 bits per heavy atom. The highest BCUT2D eigenvalue weighted by Gasteiger charge is 2.27. The summed E-state index contributed by atoms with van der Waals surface area (Å²) in [5.41, 5.74) is 2.79. The fraction of sp³-hybridized carbons (Fsp3) is 0.174. The van der Waals surface area contributed by atoms with E-state index >= 15 is 0 Å². The van der Waals surface area contributed by atoms with Crippen LogP contribution >= 0.6 is 11.3 Å². The zero-order chi connectivity index (χ0) is 21.4. The summed E-state index contributed by atoms with van der Waals surface area (Å²) >= 11 is 1.49. The molecule has 31 heavy (non-hydrogen) atoms. The molecule has 1 aliphatic rings. The Morgan fingerprint density at radius 3 is 2.81 bits per heavy atom. The van der Waals surface area contributed by atoms with E-state index in [4.69, 9.17) is 4.74 Å². The first kappa shape index (κ1) is 19.4. The number of carbonyl (C=O) groups excluding carboxylic acids is 1. The number of hydrogen-bond donors (Lipinski definition) is 0. The number of thiophene rings is 1. The molecule has 0 atom stereocenters. The smallest absolute Gasteiger partial charge is 0.293 e. The molecule has 0 fully saturated rings. The van der Waals surface area contributed by atoms with Crippen molar-refractivity contribution < 1.29 is 13.9 Å². The van der Waals surface area contributed by atoms with Crippen LogP contribution in [0.2, 0.25) is 0 Å². The van der Waals surface area contributed by atoms with Crippen molar-refractivity contribution >= 4 is 17.2 Å². The molecule has 0 saturated carbocycles. The molecule has 156 valence electrons. The first-order valence-corrected chi connectivity index (χ1v) is 10.7. The summed E-state index contributed by atoms with van der Waals surface area (Å²) in [4.78, 5) is 20.4. The molecule has 0 N–H and O–H groups in total. The Balaban J connectivity index is 1.50. The molecule has 8 heteroatoms. The molecule has 0 aliphatic carbocycles. The van der Waals surface area contributed by atoms with Crippen LogP contribution in [0.15, 0.2) is 60.0 Å². The fourth-order valence-electron chi connectivity index (χ4n) is 3.73. The van der Waals surface area contributed by atoms with Crippen molar-refractivity contribution in [3.8, 4) is 22.1 Å². The molecule has 0 radical (unpaired) electrons. The number of aromatic nitrogens is 3. The van der Waals surface area contributed by atoms with Crippen LogP contribution in [-0.2, 0) is 13.0 Å². The van der Waals surface area contributed by atoms with Gasteiger partial charge < -0.3 is 9.64 Å². The van der Waals surface area contributed by atoms with Gasteiger partial charge in [0, 0.05) is 13.1 Å². The van der Waals surface area contributed by atoms with E-state index in [2.05, 4.69) is 10.1 Å². The van der Waals surface area contributed by atoms with Crippen molar-refractivity contribution in [2.45, 2.75) is 13.0 Å². The molecular weight excluding hydrogens is 415 g/mol. The van der Waals surface area contributed by atoms with Gasteiger partial charge in [0.2, 0.25) is 5.82 Å². The second kappa shape index (κ2) is 7.96. The number of rotatable bonds is 4. The zero-order valence-corrected chi connectivity index (χ0v) is 17.6. The van der Waals surface area contributed by atoms with Crippen LogP contribution in [0.3, 0.4) is 0 Å². The van der Waals surface area contributed by atoms with Gasteiger partial charge in [-0.15, -0.1) is 16.4 Å². The molecule has 2 aromatic carbocycles. The molecule has 0 bridgehead atoms.